The summed E-state index contributed by atoms with van der Waals surface area (Å²) in [7, 11) is 1.19. The summed E-state index contributed by atoms with van der Waals surface area (Å²) in [6.07, 6.45) is 0. The van der Waals surface area contributed by atoms with Crippen LogP contribution in [0.5, 0.6) is 0 Å². The van der Waals surface area contributed by atoms with Crippen molar-refractivity contribution >= 4 is 31.2 Å². The molecule has 0 saturated carbocycles. The van der Waals surface area contributed by atoms with E-state index in [0.29, 0.717) is 0 Å². The molecule has 0 saturated heterocycles. The van der Waals surface area contributed by atoms with Gasteiger partial charge in [-0.2, -0.15) is 0 Å². The standard InChI is InChI=1S/C25H20N2.H4N2OSi2/c26-19-13-9-17(10-14-19)25(18-11-15-20(27)16-12-18)23-7-3-1-5-21(23)22-6-2-4-8-24(22)25;1-5(2)3-4/h1-16H,26-27H2;1-2H2. The van der Waals surface area contributed by atoms with Crippen molar-refractivity contribution in [2.75, 3.05) is 11.5 Å². The zero-order valence-electron chi connectivity index (χ0n) is 17.5. The maximum Gasteiger partial charge on any atom is 0.384 e. The number of fused-ring (bicyclic) bond motifs is 3. The fraction of sp³-hybridized carbons (Fsp3) is 0.0400. The van der Waals surface area contributed by atoms with Crippen LogP contribution in [0.25, 0.3) is 11.1 Å². The SMILES string of the molecule is N[Si](N)O[Si].Nc1ccc(C2(c3ccc(N)cc3)c3ccccc3-c3ccccc32)cc1. The zero-order chi connectivity index (χ0) is 22.7. The molecule has 0 aliphatic heterocycles. The van der Waals surface area contributed by atoms with E-state index >= 15 is 0 Å². The summed E-state index contributed by atoms with van der Waals surface area (Å²) >= 11 is 0. The molecule has 4 aromatic carbocycles. The molecule has 0 spiro atoms. The largest absolute Gasteiger partial charge is 0.433 e. The summed E-state index contributed by atoms with van der Waals surface area (Å²) in [5.74, 6) is 0. The number of benzene rings is 4. The molecule has 5 nitrogen and oxygen atoms in total. The van der Waals surface area contributed by atoms with Gasteiger partial charge in [0, 0.05) is 11.4 Å². The summed E-state index contributed by atoms with van der Waals surface area (Å²) in [6, 6.07) is 33.9. The van der Waals surface area contributed by atoms with Crippen LogP contribution in [0.1, 0.15) is 22.3 Å². The van der Waals surface area contributed by atoms with Gasteiger partial charge >= 0.3 is 9.36 Å². The average Bonchev–Trinajstić information content (AvgIpc) is 3.12. The molecule has 8 N–H and O–H groups in total. The van der Waals surface area contributed by atoms with Crippen LogP contribution < -0.4 is 22.3 Å². The Kier molecular flexibility index (Phi) is 6.27. The van der Waals surface area contributed by atoms with Crippen molar-refractivity contribution in [1.29, 1.82) is 0 Å². The summed E-state index contributed by atoms with van der Waals surface area (Å²) in [5, 5.41) is 9.80. The summed E-state index contributed by atoms with van der Waals surface area (Å²) in [4.78, 5) is 0. The van der Waals surface area contributed by atoms with Gasteiger partial charge in [-0.3, -0.25) is 0 Å². The molecule has 0 aromatic heterocycles. The van der Waals surface area contributed by atoms with Crippen molar-refractivity contribution < 1.29 is 4.12 Å². The maximum atomic E-state index is 6.00. The van der Waals surface area contributed by atoms with Gasteiger partial charge in [0.05, 0.1) is 5.41 Å². The van der Waals surface area contributed by atoms with Gasteiger partial charge in [0.2, 0.25) is 10.5 Å². The molecule has 4 aromatic rings. The zero-order valence-corrected chi connectivity index (χ0v) is 19.5. The van der Waals surface area contributed by atoms with Crippen LogP contribution in [0.15, 0.2) is 97.1 Å². The minimum atomic E-state index is -1.46. The highest BCUT2D eigenvalue weighted by molar-refractivity contribution is 6.48. The third kappa shape index (κ3) is 3.77. The summed E-state index contributed by atoms with van der Waals surface area (Å²) in [6.45, 7) is 0. The van der Waals surface area contributed by atoms with Crippen molar-refractivity contribution in [3.63, 3.8) is 0 Å². The van der Waals surface area contributed by atoms with Crippen LogP contribution in [0.3, 0.4) is 0 Å². The first kappa shape index (κ1) is 22.0. The minimum absolute atomic E-state index is 0.380. The number of rotatable bonds is 3. The van der Waals surface area contributed by atoms with Gasteiger partial charge in [-0.15, -0.1) is 0 Å². The quantitative estimate of drug-likeness (QED) is 0.248. The van der Waals surface area contributed by atoms with Crippen molar-refractivity contribution in [1.82, 2.24) is 0 Å². The third-order valence-corrected chi connectivity index (χ3v) is 6.70. The second-order valence-electron chi connectivity index (χ2n) is 7.59. The second kappa shape index (κ2) is 9.11. The van der Waals surface area contributed by atoms with Crippen LogP contribution in [0, 0.1) is 0 Å². The fourth-order valence-corrected chi connectivity index (χ4v) is 4.49. The van der Waals surface area contributed by atoms with Gasteiger partial charge in [-0.1, -0.05) is 72.8 Å². The average molecular weight is 453 g/mol. The highest BCUT2D eigenvalue weighted by Gasteiger charge is 2.45. The summed E-state index contributed by atoms with van der Waals surface area (Å²) < 4.78 is 4.21. The van der Waals surface area contributed by atoms with Crippen LogP contribution in [0.4, 0.5) is 11.4 Å². The maximum absolute atomic E-state index is 6.00. The Hall–Kier alpha value is -3.21. The third-order valence-electron chi connectivity index (χ3n) is 5.76. The minimum Gasteiger partial charge on any atom is -0.433 e. The van der Waals surface area contributed by atoms with Gasteiger partial charge in [0.1, 0.15) is 0 Å². The highest BCUT2D eigenvalue weighted by atomic mass is 28.3. The Morgan fingerprint density at radius 1 is 0.594 bits per heavy atom. The molecule has 32 heavy (non-hydrogen) atoms. The lowest BCUT2D eigenvalue weighted by molar-refractivity contribution is 0.633. The van der Waals surface area contributed by atoms with E-state index in [0.717, 1.165) is 11.4 Å². The highest BCUT2D eigenvalue weighted by Crippen LogP contribution is 2.55. The van der Waals surface area contributed by atoms with Gasteiger partial charge < -0.3 is 26.4 Å². The lowest BCUT2D eigenvalue weighted by Gasteiger charge is -2.34. The van der Waals surface area contributed by atoms with Gasteiger partial charge in [0.15, 0.2) is 0 Å². The fourth-order valence-electron chi connectivity index (χ4n) is 4.49. The van der Waals surface area contributed by atoms with E-state index in [1.165, 1.54) is 33.4 Å². The molecular weight excluding hydrogens is 428 g/mol. The van der Waals surface area contributed by atoms with E-state index in [1.807, 2.05) is 24.3 Å². The normalized spacial score (nSPS) is 13.1. The van der Waals surface area contributed by atoms with Crippen molar-refractivity contribution in [2.45, 2.75) is 5.41 Å². The summed E-state index contributed by atoms with van der Waals surface area (Å²) in [5.41, 5.74) is 20.7. The Labute approximate surface area is 193 Å². The molecule has 5 rings (SSSR count). The van der Waals surface area contributed by atoms with Gasteiger partial charge in [0.25, 0.3) is 0 Å². The van der Waals surface area contributed by atoms with Crippen molar-refractivity contribution in [2.24, 2.45) is 10.8 Å². The Bertz CT molecular complexity index is 1120. The predicted molar refractivity (Wildman–Crippen MR) is 134 cm³/mol. The Balaban J connectivity index is 0.000000444. The van der Waals surface area contributed by atoms with Crippen LogP contribution in [0.2, 0.25) is 0 Å². The van der Waals surface area contributed by atoms with E-state index in [2.05, 4.69) is 87.4 Å². The predicted octanol–water partition coefficient (Wildman–Crippen LogP) is 3.20. The number of hydrogen-bond acceptors (Lipinski definition) is 5. The van der Waals surface area contributed by atoms with Gasteiger partial charge in [-0.25, -0.2) is 0 Å². The molecule has 7 heteroatoms. The van der Waals surface area contributed by atoms with Crippen LogP contribution in [-0.4, -0.2) is 19.8 Å². The van der Waals surface area contributed by atoms with Crippen molar-refractivity contribution in [3.05, 3.63) is 119 Å². The number of hydrogen-bond donors (Lipinski definition) is 4. The molecule has 0 bridgehead atoms. The van der Waals surface area contributed by atoms with Crippen LogP contribution >= 0.6 is 0 Å². The van der Waals surface area contributed by atoms with E-state index in [1.54, 1.807) is 0 Å². The smallest absolute Gasteiger partial charge is 0.384 e. The van der Waals surface area contributed by atoms with Crippen LogP contribution in [-0.2, 0) is 9.53 Å². The Morgan fingerprint density at radius 2 is 0.938 bits per heavy atom. The first-order valence-corrected chi connectivity index (χ1v) is 12.1. The number of nitrogen functional groups attached to an aromatic ring is 2. The molecule has 0 atom stereocenters. The molecule has 0 fully saturated rings. The van der Waals surface area contributed by atoms with E-state index < -0.39 is 9.36 Å². The van der Waals surface area contributed by atoms with E-state index in [-0.39, 0.29) is 5.41 Å². The first-order valence-electron chi connectivity index (χ1n) is 10.1. The first-order chi connectivity index (χ1) is 15.5. The monoisotopic (exact) mass is 452 g/mol. The molecule has 0 amide bonds. The van der Waals surface area contributed by atoms with Gasteiger partial charge in [-0.05, 0) is 57.6 Å². The molecule has 0 heterocycles. The number of anilines is 2. The Morgan fingerprint density at radius 3 is 1.28 bits per heavy atom. The molecule has 158 valence electrons. The topological polar surface area (TPSA) is 113 Å². The van der Waals surface area contributed by atoms with E-state index in [4.69, 9.17) is 22.3 Å². The lowest BCUT2D eigenvalue weighted by atomic mass is 9.67. The molecule has 1 aliphatic carbocycles. The molecule has 1 aliphatic rings. The number of nitrogens with two attached hydrogens (primary N) is 4. The van der Waals surface area contributed by atoms with E-state index in [9.17, 15) is 0 Å². The lowest BCUT2D eigenvalue weighted by Crippen LogP contribution is -2.39. The second-order valence-corrected chi connectivity index (χ2v) is 9.21. The molecular formula is C25H24N4OSi2. The molecule has 0 unspecified atom stereocenters. The molecule has 4 radical (unpaired) electrons. The van der Waals surface area contributed by atoms with Crippen molar-refractivity contribution in [3.8, 4) is 11.1 Å².